The molecule has 0 aromatic heterocycles. The second-order valence-electron chi connectivity index (χ2n) is 7.76. The van der Waals surface area contributed by atoms with Crippen LogP contribution in [0.3, 0.4) is 0 Å². The van der Waals surface area contributed by atoms with Gasteiger partial charge in [-0.1, -0.05) is 77.9 Å². The van der Waals surface area contributed by atoms with Gasteiger partial charge in [0.05, 0.1) is 10.9 Å². The van der Waals surface area contributed by atoms with Crippen molar-refractivity contribution in [2.75, 3.05) is 0 Å². The zero-order valence-corrected chi connectivity index (χ0v) is 18.1. The fraction of sp³-hybridized carbons (Fsp3) is 0.160. The molecule has 0 aliphatic carbocycles. The van der Waals surface area contributed by atoms with Gasteiger partial charge in [0.15, 0.2) is 5.76 Å². The summed E-state index contributed by atoms with van der Waals surface area (Å²) in [7, 11) is -4.10. The van der Waals surface area contributed by atoms with Crippen LogP contribution in [0.15, 0.2) is 94.4 Å². The summed E-state index contributed by atoms with van der Waals surface area (Å²) in [6, 6.07) is 22.1. The van der Waals surface area contributed by atoms with E-state index in [2.05, 4.69) is 0 Å². The maximum absolute atomic E-state index is 13.5. The van der Waals surface area contributed by atoms with E-state index < -0.39 is 27.5 Å². The fourth-order valence-corrected chi connectivity index (χ4v) is 5.42. The van der Waals surface area contributed by atoms with Crippen molar-refractivity contribution in [2.45, 2.75) is 31.3 Å². The highest BCUT2D eigenvalue weighted by Crippen LogP contribution is 2.43. The number of rotatable bonds is 5. The van der Waals surface area contributed by atoms with Gasteiger partial charge in [-0.15, -0.1) is 0 Å². The standard InChI is InChI=1S/C25H23NO4S/c1-17-8-12-19(13-9-17)16-26-22(20-6-4-3-5-7-20)24(23(27)25(26)28)31(29,30)21-14-10-18(2)11-15-21/h3-15,22,27H,16H2,1-2H3/t22-/m1/s1. The van der Waals surface area contributed by atoms with Gasteiger partial charge < -0.3 is 10.0 Å². The average molecular weight is 434 g/mol. The van der Waals surface area contributed by atoms with Gasteiger partial charge in [0, 0.05) is 6.54 Å². The van der Waals surface area contributed by atoms with E-state index in [1.807, 2.05) is 44.2 Å². The molecule has 1 atom stereocenters. The van der Waals surface area contributed by atoms with Crippen LogP contribution >= 0.6 is 0 Å². The van der Waals surface area contributed by atoms with Crippen LogP contribution in [0.5, 0.6) is 0 Å². The van der Waals surface area contributed by atoms with E-state index in [0.717, 1.165) is 16.7 Å². The lowest BCUT2D eigenvalue weighted by atomic mass is 10.1. The van der Waals surface area contributed by atoms with Crippen molar-refractivity contribution >= 4 is 15.7 Å². The molecule has 1 aliphatic rings. The summed E-state index contributed by atoms with van der Waals surface area (Å²) >= 11 is 0. The number of benzene rings is 3. The normalized spacial score (nSPS) is 16.8. The van der Waals surface area contributed by atoms with Crippen molar-refractivity contribution < 1.29 is 18.3 Å². The van der Waals surface area contributed by atoms with Gasteiger partial charge in [0.25, 0.3) is 5.91 Å². The number of hydrogen-bond donors (Lipinski definition) is 1. The van der Waals surface area contributed by atoms with Gasteiger partial charge in [-0.3, -0.25) is 4.79 Å². The van der Waals surface area contributed by atoms with E-state index in [1.165, 1.54) is 17.0 Å². The Labute approximate surface area is 182 Å². The SMILES string of the molecule is Cc1ccc(CN2C(=O)C(O)=C(S(=O)(=O)c3ccc(C)cc3)[C@H]2c2ccccc2)cc1. The minimum Gasteiger partial charge on any atom is -0.502 e. The van der Waals surface area contributed by atoms with E-state index in [9.17, 15) is 18.3 Å². The Kier molecular flexibility index (Phi) is 5.41. The molecule has 0 fully saturated rings. The van der Waals surface area contributed by atoms with Crippen LogP contribution in [-0.4, -0.2) is 24.3 Å². The largest absolute Gasteiger partial charge is 0.502 e. The molecule has 0 spiro atoms. The summed E-state index contributed by atoms with van der Waals surface area (Å²) < 4.78 is 27.1. The van der Waals surface area contributed by atoms with Crippen LogP contribution in [0, 0.1) is 13.8 Å². The molecule has 31 heavy (non-hydrogen) atoms. The summed E-state index contributed by atoms with van der Waals surface area (Å²) in [5.41, 5.74) is 3.47. The Morgan fingerprint density at radius 1 is 0.839 bits per heavy atom. The molecule has 0 saturated heterocycles. The molecule has 4 rings (SSSR count). The third-order valence-corrected chi connectivity index (χ3v) is 7.35. The molecule has 3 aromatic carbocycles. The van der Waals surface area contributed by atoms with E-state index in [0.29, 0.717) is 5.56 Å². The predicted molar refractivity (Wildman–Crippen MR) is 119 cm³/mol. The zero-order valence-electron chi connectivity index (χ0n) is 17.3. The van der Waals surface area contributed by atoms with E-state index >= 15 is 0 Å². The molecule has 0 bridgehead atoms. The van der Waals surface area contributed by atoms with Crippen molar-refractivity contribution in [3.8, 4) is 0 Å². The number of aliphatic hydroxyl groups is 1. The molecular weight excluding hydrogens is 410 g/mol. The lowest BCUT2D eigenvalue weighted by molar-refractivity contribution is -0.130. The third-order valence-electron chi connectivity index (χ3n) is 5.47. The molecule has 5 nitrogen and oxygen atoms in total. The minimum absolute atomic E-state index is 0.0468. The van der Waals surface area contributed by atoms with Gasteiger partial charge in [-0.25, -0.2) is 8.42 Å². The molecule has 1 amide bonds. The van der Waals surface area contributed by atoms with E-state index in [-0.39, 0.29) is 16.3 Å². The van der Waals surface area contributed by atoms with Crippen LogP contribution in [-0.2, 0) is 21.2 Å². The third kappa shape index (κ3) is 3.86. The van der Waals surface area contributed by atoms with Gasteiger partial charge in [0.1, 0.15) is 4.91 Å². The summed E-state index contributed by atoms with van der Waals surface area (Å²) in [4.78, 5) is 14.2. The van der Waals surface area contributed by atoms with Crippen LogP contribution in [0.25, 0.3) is 0 Å². The first-order chi connectivity index (χ1) is 14.8. The summed E-state index contributed by atoms with van der Waals surface area (Å²) in [6.45, 7) is 4.01. The van der Waals surface area contributed by atoms with Crippen LogP contribution < -0.4 is 0 Å². The minimum atomic E-state index is -4.10. The number of carbonyl (C=O) groups is 1. The second-order valence-corrected chi connectivity index (χ2v) is 9.68. The highest BCUT2D eigenvalue weighted by molar-refractivity contribution is 7.95. The first kappa shape index (κ1) is 20.9. The molecule has 0 unspecified atom stereocenters. The van der Waals surface area contributed by atoms with Crippen molar-refractivity contribution in [1.29, 1.82) is 0 Å². The Hall–Kier alpha value is -3.38. The topological polar surface area (TPSA) is 74.7 Å². The summed E-state index contributed by atoms with van der Waals surface area (Å²) in [5, 5.41) is 10.7. The lowest BCUT2D eigenvalue weighted by Crippen LogP contribution is -2.30. The quantitative estimate of drug-likeness (QED) is 0.637. The number of amides is 1. The number of carbonyl (C=O) groups excluding carboxylic acids is 1. The van der Waals surface area contributed by atoms with Crippen LogP contribution in [0.4, 0.5) is 0 Å². The first-order valence-electron chi connectivity index (χ1n) is 9.95. The highest BCUT2D eigenvalue weighted by Gasteiger charge is 2.46. The Morgan fingerprint density at radius 3 is 1.97 bits per heavy atom. The molecule has 0 saturated carbocycles. The Balaban J connectivity index is 1.83. The molecule has 1 heterocycles. The number of aliphatic hydroxyl groups excluding tert-OH is 1. The zero-order chi connectivity index (χ0) is 22.2. The fourth-order valence-electron chi connectivity index (χ4n) is 3.77. The van der Waals surface area contributed by atoms with Crippen molar-refractivity contribution in [1.82, 2.24) is 4.90 Å². The molecule has 1 N–H and O–H groups in total. The average Bonchev–Trinajstić information content (AvgIpc) is 3.02. The van der Waals surface area contributed by atoms with E-state index in [1.54, 1.807) is 36.4 Å². The second kappa shape index (κ2) is 8.04. The predicted octanol–water partition coefficient (Wildman–Crippen LogP) is 4.63. The maximum atomic E-state index is 13.5. The lowest BCUT2D eigenvalue weighted by Gasteiger charge is -2.27. The monoisotopic (exact) mass is 433 g/mol. The first-order valence-corrected chi connectivity index (χ1v) is 11.4. The maximum Gasteiger partial charge on any atom is 0.290 e. The molecule has 1 aliphatic heterocycles. The molecular formula is C25H23NO4S. The highest BCUT2D eigenvalue weighted by atomic mass is 32.2. The van der Waals surface area contributed by atoms with E-state index in [4.69, 9.17) is 0 Å². The van der Waals surface area contributed by atoms with Gasteiger partial charge in [0.2, 0.25) is 9.84 Å². The number of nitrogens with zero attached hydrogens (tertiary/aromatic N) is 1. The van der Waals surface area contributed by atoms with Crippen molar-refractivity contribution in [3.05, 3.63) is 112 Å². The summed E-state index contributed by atoms with van der Waals surface area (Å²) in [5.74, 6) is -1.42. The Bertz CT molecular complexity index is 1250. The Morgan fingerprint density at radius 2 is 1.39 bits per heavy atom. The molecule has 0 radical (unpaired) electrons. The van der Waals surface area contributed by atoms with Gasteiger partial charge in [-0.05, 0) is 37.1 Å². The van der Waals surface area contributed by atoms with Gasteiger partial charge >= 0.3 is 0 Å². The van der Waals surface area contributed by atoms with Gasteiger partial charge in [-0.2, -0.15) is 0 Å². The molecule has 158 valence electrons. The van der Waals surface area contributed by atoms with Crippen molar-refractivity contribution in [2.24, 2.45) is 0 Å². The van der Waals surface area contributed by atoms with Crippen LogP contribution in [0.1, 0.15) is 28.3 Å². The molecule has 3 aromatic rings. The molecule has 6 heteroatoms. The van der Waals surface area contributed by atoms with Crippen molar-refractivity contribution in [3.63, 3.8) is 0 Å². The number of sulfone groups is 1. The number of aryl methyl sites for hydroxylation is 2. The summed E-state index contributed by atoms with van der Waals surface area (Å²) in [6.07, 6.45) is 0. The number of hydrogen-bond acceptors (Lipinski definition) is 4. The van der Waals surface area contributed by atoms with Crippen LogP contribution in [0.2, 0.25) is 0 Å². The smallest absolute Gasteiger partial charge is 0.290 e.